The standard InChI is InChI=1S/2C10H19N/c2*1-10(2,3)8-6-7-4-5-9(8)11-7/h2*7-9,11H,4-6H2,1-3H3. The quantitative estimate of drug-likeness (QED) is 0.695. The van der Waals surface area contributed by atoms with Crippen molar-refractivity contribution in [1.82, 2.24) is 10.6 Å². The molecule has 4 fully saturated rings. The van der Waals surface area contributed by atoms with Crippen LogP contribution in [-0.2, 0) is 0 Å². The lowest BCUT2D eigenvalue weighted by Gasteiger charge is -2.32. The summed E-state index contributed by atoms with van der Waals surface area (Å²) in [5.41, 5.74) is 1.04. The predicted octanol–water partition coefficient (Wildman–Crippen LogP) is 4.35. The van der Waals surface area contributed by atoms with Gasteiger partial charge in [0.2, 0.25) is 0 Å². The van der Waals surface area contributed by atoms with Gasteiger partial charge in [0.05, 0.1) is 0 Å². The first-order valence-corrected chi connectivity index (χ1v) is 9.66. The Morgan fingerprint density at radius 2 is 0.955 bits per heavy atom. The van der Waals surface area contributed by atoms with Crippen LogP contribution in [0.25, 0.3) is 0 Å². The summed E-state index contributed by atoms with van der Waals surface area (Å²) in [7, 11) is 0. The average molecular weight is 307 g/mol. The molecule has 2 heteroatoms. The summed E-state index contributed by atoms with van der Waals surface area (Å²) in [4.78, 5) is 0. The topological polar surface area (TPSA) is 24.1 Å². The van der Waals surface area contributed by atoms with Gasteiger partial charge in [-0.05, 0) is 61.2 Å². The number of rotatable bonds is 0. The number of fused-ring (bicyclic) bond motifs is 4. The molecule has 0 radical (unpaired) electrons. The third-order valence-corrected chi connectivity index (χ3v) is 6.82. The fraction of sp³-hybridized carbons (Fsp3) is 1.00. The van der Waals surface area contributed by atoms with Gasteiger partial charge in [-0.15, -0.1) is 0 Å². The van der Waals surface area contributed by atoms with Gasteiger partial charge in [-0.25, -0.2) is 0 Å². The summed E-state index contributed by atoms with van der Waals surface area (Å²) in [6, 6.07) is 3.42. The van der Waals surface area contributed by atoms with Crippen molar-refractivity contribution in [2.75, 3.05) is 0 Å². The molecule has 6 atom stereocenters. The Kier molecular flexibility index (Phi) is 4.40. The molecule has 6 unspecified atom stereocenters. The molecule has 128 valence electrons. The lowest BCUT2D eigenvalue weighted by atomic mass is 9.72. The van der Waals surface area contributed by atoms with Crippen LogP contribution in [0.1, 0.15) is 80.1 Å². The molecule has 2 N–H and O–H groups in total. The minimum atomic E-state index is 0.521. The van der Waals surface area contributed by atoms with E-state index in [0.717, 1.165) is 36.0 Å². The van der Waals surface area contributed by atoms with E-state index in [1.165, 1.54) is 38.5 Å². The Morgan fingerprint density at radius 3 is 1.09 bits per heavy atom. The molecule has 4 bridgehead atoms. The number of hydrogen-bond donors (Lipinski definition) is 2. The molecular formula is C20H38N2. The summed E-state index contributed by atoms with van der Waals surface area (Å²) in [6.07, 6.45) is 8.55. The third-order valence-electron chi connectivity index (χ3n) is 6.82. The molecule has 0 aromatic heterocycles. The van der Waals surface area contributed by atoms with E-state index < -0.39 is 0 Å². The van der Waals surface area contributed by atoms with Crippen LogP contribution in [0.15, 0.2) is 0 Å². The van der Waals surface area contributed by atoms with Gasteiger partial charge in [0.1, 0.15) is 0 Å². The van der Waals surface area contributed by atoms with Crippen molar-refractivity contribution in [2.45, 2.75) is 104 Å². The van der Waals surface area contributed by atoms with Crippen molar-refractivity contribution in [3.8, 4) is 0 Å². The smallest absolute Gasteiger partial charge is 0.0104 e. The van der Waals surface area contributed by atoms with Gasteiger partial charge in [-0.2, -0.15) is 0 Å². The van der Waals surface area contributed by atoms with Crippen LogP contribution in [0.5, 0.6) is 0 Å². The number of nitrogens with one attached hydrogen (secondary N) is 2. The van der Waals surface area contributed by atoms with Gasteiger partial charge in [-0.3, -0.25) is 0 Å². The summed E-state index contributed by atoms with van der Waals surface area (Å²) < 4.78 is 0. The zero-order valence-corrected chi connectivity index (χ0v) is 15.7. The fourth-order valence-corrected chi connectivity index (χ4v) is 5.56. The molecule has 0 spiro atoms. The monoisotopic (exact) mass is 306 g/mol. The Hall–Kier alpha value is -0.0800. The van der Waals surface area contributed by atoms with E-state index in [2.05, 4.69) is 52.2 Å². The van der Waals surface area contributed by atoms with Crippen molar-refractivity contribution >= 4 is 0 Å². The molecule has 0 aromatic rings. The maximum atomic E-state index is 3.68. The van der Waals surface area contributed by atoms with E-state index in [-0.39, 0.29) is 0 Å². The van der Waals surface area contributed by atoms with E-state index in [0.29, 0.717) is 10.8 Å². The first-order chi connectivity index (χ1) is 10.1. The zero-order valence-electron chi connectivity index (χ0n) is 15.7. The van der Waals surface area contributed by atoms with E-state index in [9.17, 15) is 0 Å². The van der Waals surface area contributed by atoms with Crippen LogP contribution in [-0.4, -0.2) is 24.2 Å². The molecule has 4 rings (SSSR count). The number of hydrogen-bond acceptors (Lipinski definition) is 2. The van der Waals surface area contributed by atoms with Gasteiger partial charge in [0.15, 0.2) is 0 Å². The molecule has 0 aromatic carbocycles. The predicted molar refractivity (Wildman–Crippen MR) is 95.0 cm³/mol. The van der Waals surface area contributed by atoms with Gasteiger partial charge >= 0.3 is 0 Å². The highest BCUT2D eigenvalue weighted by Crippen LogP contribution is 2.44. The molecule has 4 aliphatic heterocycles. The van der Waals surface area contributed by atoms with Crippen LogP contribution < -0.4 is 10.6 Å². The second-order valence-corrected chi connectivity index (χ2v) is 10.5. The molecule has 0 aliphatic carbocycles. The van der Waals surface area contributed by atoms with Crippen molar-refractivity contribution in [3.05, 3.63) is 0 Å². The lowest BCUT2D eigenvalue weighted by molar-refractivity contribution is 0.199. The zero-order chi connectivity index (χ0) is 16.1. The van der Waals surface area contributed by atoms with Crippen molar-refractivity contribution in [1.29, 1.82) is 0 Å². The highest BCUT2D eigenvalue weighted by atomic mass is 15.0. The van der Waals surface area contributed by atoms with Gasteiger partial charge < -0.3 is 10.6 Å². The maximum Gasteiger partial charge on any atom is 0.0104 e. The first kappa shape index (κ1) is 16.8. The molecule has 2 nitrogen and oxygen atoms in total. The van der Waals surface area contributed by atoms with Crippen LogP contribution in [0, 0.1) is 22.7 Å². The van der Waals surface area contributed by atoms with Crippen molar-refractivity contribution in [2.24, 2.45) is 22.7 Å². The van der Waals surface area contributed by atoms with Gasteiger partial charge in [0, 0.05) is 24.2 Å². The maximum absolute atomic E-state index is 3.68. The minimum absolute atomic E-state index is 0.521. The van der Waals surface area contributed by atoms with Crippen LogP contribution in [0.3, 0.4) is 0 Å². The normalized spacial score (nSPS) is 43.4. The van der Waals surface area contributed by atoms with Crippen LogP contribution in [0.4, 0.5) is 0 Å². The summed E-state index contributed by atoms with van der Waals surface area (Å²) in [5, 5.41) is 7.37. The lowest BCUT2D eigenvalue weighted by Crippen LogP contribution is -2.32. The second kappa shape index (κ2) is 5.77. The summed E-state index contributed by atoms with van der Waals surface area (Å²) in [6.45, 7) is 14.3. The Balaban J connectivity index is 0.000000131. The molecule has 0 saturated carbocycles. The molecule has 4 aliphatic rings. The van der Waals surface area contributed by atoms with E-state index in [1.807, 2.05) is 0 Å². The van der Waals surface area contributed by atoms with Gasteiger partial charge in [-0.1, -0.05) is 41.5 Å². The largest absolute Gasteiger partial charge is 0.311 e. The summed E-state index contributed by atoms with van der Waals surface area (Å²) >= 11 is 0. The Bertz CT molecular complexity index is 351. The second-order valence-electron chi connectivity index (χ2n) is 10.5. The highest BCUT2D eigenvalue weighted by molar-refractivity contribution is 5.01. The van der Waals surface area contributed by atoms with E-state index >= 15 is 0 Å². The first-order valence-electron chi connectivity index (χ1n) is 9.66. The SMILES string of the molecule is CC(C)(C)C1CC2CCC1N2.CC(C)(C)C1CC2CCC1N2. The molecule has 22 heavy (non-hydrogen) atoms. The van der Waals surface area contributed by atoms with Gasteiger partial charge in [0.25, 0.3) is 0 Å². The van der Waals surface area contributed by atoms with Crippen LogP contribution in [0.2, 0.25) is 0 Å². The average Bonchev–Trinajstić information content (AvgIpc) is 3.17. The van der Waals surface area contributed by atoms with E-state index in [1.54, 1.807) is 0 Å². The molecular weight excluding hydrogens is 268 g/mol. The molecule has 4 heterocycles. The molecule has 4 saturated heterocycles. The summed E-state index contributed by atoms with van der Waals surface area (Å²) in [5.74, 6) is 1.86. The van der Waals surface area contributed by atoms with E-state index in [4.69, 9.17) is 0 Å². The fourth-order valence-electron chi connectivity index (χ4n) is 5.56. The minimum Gasteiger partial charge on any atom is -0.311 e. The highest BCUT2D eigenvalue weighted by Gasteiger charge is 2.44. The third kappa shape index (κ3) is 3.38. The Labute approximate surface area is 138 Å². The van der Waals surface area contributed by atoms with Crippen LogP contribution >= 0.6 is 0 Å². The Morgan fingerprint density at radius 1 is 0.591 bits per heavy atom. The van der Waals surface area contributed by atoms with Crippen molar-refractivity contribution < 1.29 is 0 Å². The van der Waals surface area contributed by atoms with Crippen molar-refractivity contribution in [3.63, 3.8) is 0 Å². The molecule has 0 amide bonds.